The van der Waals surface area contributed by atoms with Crippen molar-refractivity contribution in [2.45, 2.75) is 0 Å². The lowest BCUT2D eigenvalue weighted by Gasteiger charge is -2.10. The van der Waals surface area contributed by atoms with Gasteiger partial charge in [-0.05, 0) is 36.5 Å². The number of anilines is 1. The van der Waals surface area contributed by atoms with E-state index in [1.165, 1.54) is 12.3 Å². The molecular weight excluding hydrogens is 302 g/mol. The predicted molar refractivity (Wildman–Crippen MR) is 89.7 cm³/mol. The lowest BCUT2D eigenvalue weighted by Crippen LogP contribution is -2.24. The number of methoxy groups -OCH3 is 1. The van der Waals surface area contributed by atoms with E-state index in [1.807, 2.05) is 18.2 Å². The predicted octanol–water partition coefficient (Wildman–Crippen LogP) is 2.43. The second kappa shape index (κ2) is 7.28. The lowest BCUT2D eigenvalue weighted by atomic mass is 10.2. The molecule has 0 saturated carbocycles. The van der Waals surface area contributed by atoms with E-state index >= 15 is 0 Å². The number of hydrogen-bond acceptors (Lipinski definition) is 5. The van der Waals surface area contributed by atoms with Crippen molar-refractivity contribution in [1.82, 2.24) is 5.43 Å². The maximum atomic E-state index is 9.63. The number of nitrogens with one attached hydrogen (secondary N) is 2. The van der Waals surface area contributed by atoms with Gasteiger partial charge in [-0.25, -0.2) is 0 Å². The molecule has 0 unspecified atom stereocenters. The van der Waals surface area contributed by atoms with Crippen LogP contribution in [-0.4, -0.2) is 28.6 Å². The molecule has 0 heterocycles. The molecule has 114 valence electrons. The smallest absolute Gasteiger partial charge is 0.191 e. The Labute approximate surface area is 133 Å². The molecule has 0 amide bonds. The van der Waals surface area contributed by atoms with Gasteiger partial charge in [0.2, 0.25) is 0 Å². The number of ether oxygens (including phenoxy) is 1. The Morgan fingerprint density at radius 3 is 2.73 bits per heavy atom. The molecule has 0 saturated heterocycles. The van der Waals surface area contributed by atoms with E-state index in [0.717, 1.165) is 0 Å². The van der Waals surface area contributed by atoms with E-state index in [-0.39, 0.29) is 16.6 Å². The monoisotopic (exact) mass is 317 g/mol. The standard InChI is InChI=1S/C15H15N3O3S/c1-21-13-8-3-2-6-11(13)17-15(22)18-16-9-10-5-4-7-12(19)14(10)20/h2-9,19-20H,1H3,(H2,17,18,22). The summed E-state index contributed by atoms with van der Waals surface area (Å²) in [7, 11) is 1.57. The topological polar surface area (TPSA) is 86.1 Å². The summed E-state index contributed by atoms with van der Waals surface area (Å²) in [4.78, 5) is 0. The summed E-state index contributed by atoms with van der Waals surface area (Å²) < 4.78 is 5.20. The van der Waals surface area contributed by atoms with Crippen molar-refractivity contribution in [3.63, 3.8) is 0 Å². The molecule has 22 heavy (non-hydrogen) atoms. The van der Waals surface area contributed by atoms with Crippen LogP contribution in [-0.2, 0) is 0 Å². The number of thiocarbonyl (C=S) groups is 1. The number of phenolic OH excluding ortho intramolecular Hbond substituents is 2. The zero-order valence-electron chi connectivity index (χ0n) is 11.8. The van der Waals surface area contributed by atoms with Crippen LogP contribution in [0.5, 0.6) is 17.2 Å². The van der Waals surface area contributed by atoms with Crippen LogP contribution >= 0.6 is 12.2 Å². The van der Waals surface area contributed by atoms with E-state index in [4.69, 9.17) is 17.0 Å². The van der Waals surface area contributed by atoms with Crippen LogP contribution in [0, 0.1) is 0 Å². The molecule has 4 N–H and O–H groups in total. The van der Waals surface area contributed by atoms with Crippen LogP contribution in [0.3, 0.4) is 0 Å². The Morgan fingerprint density at radius 1 is 1.18 bits per heavy atom. The number of nitrogens with zero attached hydrogens (tertiary/aromatic N) is 1. The SMILES string of the molecule is COc1ccccc1NC(=S)NN=Cc1cccc(O)c1O. The third-order valence-corrected chi connectivity index (χ3v) is 2.96. The van der Waals surface area contributed by atoms with Crippen molar-refractivity contribution >= 4 is 29.2 Å². The quantitative estimate of drug-likeness (QED) is 0.300. The van der Waals surface area contributed by atoms with Crippen molar-refractivity contribution < 1.29 is 14.9 Å². The Bertz CT molecular complexity index is 704. The van der Waals surface area contributed by atoms with Gasteiger partial charge in [0.05, 0.1) is 19.0 Å². The molecule has 0 bridgehead atoms. The maximum Gasteiger partial charge on any atom is 0.191 e. The summed E-state index contributed by atoms with van der Waals surface area (Å²) in [6.45, 7) is 0. The first-order chi connectivity index (χ1) is 10.6. The third-order valence-electron chi connectivity index (χ3n) is 2.77. The number of para-hydroxylation sites is 3. The first kappa shape index (κ1) is 15.6. The average molecular weight is 317 g/mol. The molecule has 6 nitrogen and oxygen atoms in total. The lowest BCUT2D eigenvalue weighted by molar-refractivity contribution is 0.403. The van der Waals surface area contributed by atoms with Crippen molar-refractivity contribution in [1.29, 1.82) is 0 Å². The van der Waals surface area contributed by atoms with Gasteiger partial charge in [-0.15, -0.1) is 0 Å². The van der Waals surface area contributed by atoms with Gasteiger partial charge in [0.25, 0.3) is 0 Å². The normalized spacial score (nSPS) is 10.4. The Balaban J connectivity index is 1.98. The molecule has 2 rings (SSSR count). The molecule has 0 aliphatic heterocycles. The molecule has 0 aromatic heterocycles. The van der Waals surface area contributed by atoms with Gasteiger partial charge in [-0.2, -0.15) is 5.10 Å². The number of aromatic hydroxyl groups is 2. The summed E-state index contributed by atoms with van der Waals surface area (Å²) in [5.41, 5.74) is 3.69. The van der Waals surface area contributed by atoms with Crippen molar-refractivity contribution in [2.75, 3.05) is 12.4 Å². The van der Waals surface area contributed by atoms with E-state index < -0.39 is 0 Å². The number of rotatable bonds is 4. The van der Waals surface area contributed by atoms with Crippen molar-refractivity contribution in [2.24, 2.45) is 5.10 Å². The van der Waals surface area contributed by atoms with Gasteiger partial charge in [-0.3, -0.25) is 5.43 Å². The van der Waals surface area contributed by atoms with Gasteiger partial charge in [0.15, 0.2) is 16.6 Å². The van der Waals surface area contributed by atoms with Crippen LogP contribution in [0.1, 0.15) is 5.56 Å². The fourth-order valence-corrected chi connectivity index (χ4v) is 1.87. The highest BCUT2D eigenvalue weighted by molar-refractivity contribution is 7.80. The minimum Gasteiger partial charge on any atom is -0.504 e. The van der Waals surface area contributed by atoms with Gasteiger partial charge in [0, 0.05) is 5.56 Å². The Hall–Kier alpha value is -2.80. The second-order valence-corrected chi connectivity index (χ2v) is 4.65. The fraction of sp³-hybridized carbons (Fsp3) is 0.0667. The minimum absolute atomic E-state index is 0.210. The van der Waals surface area contributed by atoms with Crippen molar-refractivity contribution in [3.8, 4) is 17.2 Å². The van der Waals surface area contributed by atoms with Gasteiger partial charge in [0.1, 0.15) is 5.75 Å². The fourth-order valence-electron chi connectivity index (χ4n) is 1.71. The van der Waals surface area contributed by atoms with E-state index in [2.05, 4.69) is 15.8 Å². The molecule has 0 aliphatic rings. The molecule has 0 aliphatic carbocycles. The largest absolute Gasteiger partial charge is 0.504 e. The molecule has 0 radical (unpaired) electrons. The minimum atomic E-state index is -0.239. The van der Waals surface area contributed by atoms with Crippen LogP contribution in [0.2, 0.25) is 0 Å². The van der Waals surface area contributed by atoms with Gasteiger partial charge in [-0.1, -0.05) is 18.2 Å². The number of phenols is 2. The summed E-state index contributed by atoms with van der Waals surface area (Å²) in [5.74, 6) is 0.205. The first-order valence-corrected chi connectivity index (χ1v) is 6.76. The summed E-state index contributed by atoms with van der Waals surface area (Å²) in [5, 5.41) is 26.1. The first-order valence-electron chi connectivity index (χ1n) is 6.36. The number of hydrazone groups is 1. The zero-order chi connectivity index (χ0) is 15.9. The van der Waals surface area contributed by atoms with E-state index in [9.17, 15) is 10.2 Å². The highest BCUT2D eigenvalue weighted by Gasteiger charge is 2.04. The molecule has 0 fully saturated rings. The molecule has 0 atom stereocenters. The molecule has 2 aromatic carbocycles. The Morgan fingerprint density at radius 2 is 1.95 bits per heavy atom. The second-order valence-electron chi connectivity index (χ2n) is 4.24. The average Bonchev–Trinajstić information content (AvgIpc) is 2.52. The third kappa shape index (κ3) is 3.86. The number of hydrogen-bond donors (Lipinski definition) is 4. The summed E-state index contributed by atoms with van der Waals surface area (Å²) in [6.07, 6.45) is 1.35. The van der Waals surface area contributed by atoms with Crippen LogP contribution in [0.15, 0.2) is 47.6 Å². The van der Waals surface area contributed by atoms with E-state index in [1.54, 1.807) is 25.3 Å². The van der Waals surface area contributed by atoms with Gasteiger partial charge < -0.3 is 20.3 Å². The summed E-state index contributed by atoms with van der Waals surface area (Å²) in [6, 6.07) is 11.9. The zero-order valence-corrected chi connectivity index (χ0v) is 12.6. The van der Waals surface area contributed by atoms with Crippen LogP contribution < -0.4 is 15.5 Å². The van der Waals surface area contributed by atoms with Gasteiger partial charge >= 0.3 is 0 Å². The molecule has 7 heteroatoms. The highest BCUT2D eigenvalue weighted by Crippen LogP contribution is 2.26. The Kier molecular flexibility index (Phi) is 5.16. The van der Waals surface area contributed by atoms with E-state index in [0.29, 0.717) is 17.0 Å². The van der Waals surface area contributed by atoms with Crippen LogP contribution in [0.25, 0.3) is 0 Å². The molecular formula is C15H15N3O3S. The van der Waals surface area contributed by atoms with Crippen LogP contribution in [0.4, 0.5) is 5.69 Å². The number of benzene rings is 2. The maximum absolute atomic E-state index is 9.63. The molecule has 0 spiro atoms. The molecule has 2 aromatic rings. The summed E-state index contributed by atoms with van der Waals surface area (Å²) >= 11 is 5.11. The van der Waals surface area contributed by atoms with Crippen molar-refractivity contribution in [3.05, 3.63) is 48.0 Å². The highest BCUT2D eigenvalue weighted by atomic mass is 32.1.